The highest BCUT2D eigenvalue weighted by Gasteiger charge is 2.07. The number of methoxy groups -OCH3 is 2. The Bertz CT molecular complexity index is 352. The van der Waals surface area contributed by atoms with Crippen LogP contribution in [-0.4, -0.2) is 20.2 Å². The van der Waals surface area contributed by atoms with Crippen molar-refractivity contribution in [2.45, 2.75) is 6.42 Å². The molecule has 0 spiro atoms. The van der Waals surface area contributed by atoms with Crippen LogP contribution in [0.2, 0.25) is 0 Å². The average molecular weight is 206 g/mol. The van der Waals surface area contributed by atoms with Gasteiger partial charge in [0.15, 0.2) is 0 Å². The van der Waals surface area contributed by atoms with Crippen LogP contribution in [0.1, 0.15) is 5.56 Å². The molecule has 3 nitrogen and oxygen atoms in total. The summed E-state index contributed by atoms with van der Waals surface area (Å²) < 4.78 is 9.59. The molecule has 0 radical (unpaired) electrons. The van der Waals surface area contributed by atoms with E-state index in [2.05, 4.69) is 11.3 Å². The Morgan fingerprint density at radius 2 is 1.87 bits per heavy atom. The predicted octanol–water partition coefficient (Wildman–Crippen LogP) is 1.97. The Balaban J connectivity index is 2.65. The number of rotatable bonds is 4. The van der Waals surface area contributed by atoms with Crippen molar-refractivity contribution in [3.8, 4) is 5.75 Å². The lowest BCUT2D eigenvalue weighted by atomic mass is 10.1. The van der Waals surface area contributed by atoms with Crippen molar-refractivity contribution in [3.05, 3.63) is 42.0 Å². The van der Waals surface area contributed by atoms with E-state index in [0.717, 1.165) is 11.3 Å². The van der Waals surface area contributed by atoms with Gasteiger partial charge in [-0.25, -0.2) is 4.79 Å². The van der Waals surface area contributed by atoms with Gasteiger partial charge >= 0.3 is 5.97 Å². The summed E-state index contributed by atoms with van der Waals surface area (Å²) in [6, 6.07) is 7.49. The number of carbonyl (C=O) groups is 1. The van der Waals surface area contributed by atoms with E-state index in [9.17, 15) is 4.79 Å². The van der Waals surface area contributed by atoms with E-state index < -0.39 is 0 Å². The van der Waals surface area contributed by atoms with Gasteiger partial charge in [-0.15, -0.1) is 0 Å². The van der Waals surface area contributed by atoms with Crippen molar-refractivity contribution in [1.29, 1.82) is 0 Å². The zero-order chi connectivity index (χ0) is 11.3. The largest absolute Gasteiger partial charge is 0.497 e. The van der Waals surface area contributed by atoms with E-state index in [1.165, 1.54) is 7.11 Å². The second-order valence-electron chi connectivity index (χ2n) is 3.12. The zero-order valence-electron chi connectivity index (χ0n) is 8.95. The normalized spacial score (nSPS) is 9.47. The summed E-state index contributed by atoms with van der Waals surface area (Å²) in [4.78, 5) is 11.1. The Morgan fingerprint density at radius 1 is 1.27 bits per heavy atom. The third-order valence-corrected chi connectivity index (χ3v) is 2.05. The molecule has 3 heteroatoms. The van der Waals surface area contributed by atoms with E-state index in [0.29, 0.717) is 12.0 Å². The van der Waals surface area contributed by atoms with Gasteiger partial charge in [0.05, 0.1) is 14.2 Å². The SMILES string of the molecule is C=C(Cc1ccc(OC)cc1)C(=O)OC. The summed E-state index contributed by atoms with van der Waals surface area (Å²) in [7, 11) is 2.96. The quantitative estimate of drug-likeness (QED) is 0.558. The maximum absolute atomic E-state index is 11.1. The van der Waals surface area contributed by atoms with Gasteiger partial charge in [0.1, 0.15) is 5.75 Å². The predicted molar refractivity (Wildman–Crippen MR) is 57.9 cm³/mol. The Kier molecular flexibility index (Phi) is 3.92. The van der Waals surface area contributed by atoms with Crippen molar-refractivity contribution in [3.63, 3.8) is 0 Å². The van der Waals surface area contributed by atoms with Crippen LogP contribution < -0.4 is 4.74 Å². The summed E-state index contributed by atoms with van der Waals surface area (Å²) in [5.74, 6) is 0.424. The lowest BCUT2D eigenvalue weighted by Crippen LogP contribution is -2.05. The molecule has 15 heavy (non-hydrogen) atoms. The molecule has 0 aliphatic heterocycles. The molecule has 80 valence electrons. The van der Waals surface area contributed by atoms with Gasteiger partial charge in [0, 0.05) is 12.0 Å². The fraction of sp³-hybridized carbons (Fsp3) is 0.250. The highest BCUT2D eigenvalue weighted by molar-refractivity contribution is 5.88. The number of hydrogen-bond donors (Lipinski definition) is 0. The van der Waals surface area contributed by atoms with Crippen LogP contribution >= 0.6 is 0 Å². The third-order valence-electron chi connectivity index (χ3n) is 2.05. The zero-order valence-corrected chi connectivity index (χ0v) is 8.95. The maximum atomic E-state index is 11.1. The first-order chi connectivity index (χ1) is 7.17. The van der Waals surface area contributed by atoms with Crippen LogP contribution in [-0.2, 0) is 16.0 Å². The molecule has 0 aromatic heterocycles. The molecule has 0 heterocycles. The van der Waals surface area contributed by atoms with Crippen LogP contribution in [0.25, 0.3) is 0 Å². The minimum absolute atomic E-state index is 0.370. The van der Waals surface area contributed by atoms with E-state index in [1.54, 1.807) is 7.11 Å². The highest BCUT2D eigenvalue weighted by Crippen LogP contribution is 2.14. The molecule has 0 aliphatic carbocycles. The van der Waals surface area contributed by atoms with Gasteiger partial charge in [0.2, 0.25) is 0 Å². The van der Waals surface area contributed by atoms with E-state index >= 15 is 0 Å². The number of ether oxygens (including phenoxy) is 2. The van der Waals surface area contributed by atoms with Gasteiger partial charge in [-0.3, -0.25) is 0 Å². The first kappa shape index (κ1) is 11.3. The minimum Gasteiger partial charge on any atom is -0.497 e. The molecule has 0 amide bonds. The smallest absolute Gasteiger partial charge is 0.333 e. The van der Waals surface area contributed by atoms with Crippen LogP contribution in [0.5, 0.6) is 5.75 Å². The molecule has 0 saturated heterocycles. The van der Waals surface area contributed by atoms with Crippen molar-refractivity contribution in [2.24, 2.45) is 0 Å². The number of carbonyl (C=O) groups excluding carboxylic acids is 1. The molecule has 1 aromatic rings. The average Bonchev–Trinajstić information content (AvgIpc) is 2.29. The minimum atomic E-state index is -0.370. The molecule has 0 saturated carbocycles. The molecule has 0 N–H and O–H groups in total. The van der Waals surface area contributed by atoms with Gasteiger partial charge < -0.3 is 9.47 Å². The topological polar surface area (TPSA) is 35.5 Å². The van der Waals surface area contributed by atoms with Crippen LogP contribution in [0.4, 0.5) is 0 Å². The lowest BCUT2D eigenvalue weighted by Gasteiger charge is -2.04. The Morgan fingerprint density at radius 3 is 2.33 bits per heavy atom. The highest BCUT2D eigenvalue weighted by atomic mass is 16.5. The van der Waals surface area contributed by atoms with E-state index in [-0.39, 0.29) is 5.97 Å². The van der Waals surface area contributed by atoms with Crippen molar-refractivity contribution < 1.29 is 14.3 Å². The molecule has 0 atom stereocenters. The molecule has 0 bridgehead atoms. The Hall–Kier alpha value is -1.77. The molecular formula is C12H14O3. The molecule has 1 aromatic carbocycles. The van der Waals surface area contributed by atoms with Gasteiger partial charge in [-0.1, -0.05) is 18.7 Å². The fourth-order valence-electron chi connectivity index (χ4n) is 1.21. The van der Waals surface area contributed by atoms with Crippen molar-refractivity contribution in [2.75, 3.05) is 14.2 Å². The molecule has 0 fully saturated rings. The van der Waals surface area contributed by atoms with Crippen LogP contribution in [0.3, 0.4) is 0 Å². The maximum Gasteiger partial charge on any atom is 0.333 e. The second-order valence-corrected chi connectivity index (χ2v) is 3.12. The standard InChI is InChI=1S/C12H14O3/c1-9(12(13)15-3)8-10-4-6-11(14-2)7-5-10/h4-7H,1,8H2,2-3H3. The van der Waals surface area contributed by atoms with Crippen molar-refractivity contribution >= 4 is 5.97 Å². The van der Waals surface area contributed by atoms with Crippen LogP contribution in [0, 0.1) is 0 Å². The number of benzene rings is 1. The fourth-order valence-corrected chi connectivity index (χ4v) is 1.21. The second kappa shape index (κ2) is 5.20. The Labute approximate surface area is 89.3 Å². The van der Waals surface area contributed by atoms with Gasteiger partial charge in [-0.2, -0.15) is 0 Å². The van der Waals surface area contributed by atoms with E-state index in [1.807, 2.05) is 24.3 Å². The summed E-state index contributed by atoms with van der Waals surface area (Å²) >= 11 is 0. The summed E-state index contributed by atoms with van der Waals surface area (Å²) in [6.07, 6.45) is 0.497. The first-order valence-electron chi connectivity index (χ1n) is 4.56. The number of hydrogen-bond acceptors (Lipinski definition) is 3. The number of esters is 1. The van der Waals surface area contributed by atoms with E-state index in [4.69, 9.17) is 4.74 Å². The van der Waals surface area contributed by atoms with Crippen LogP contribution in [0.15, 0.2) is 36.4 Å². The van der Waals surface area contributed by atoms with Gasteiger partial charge in [0.25, 0.3) is 0 Å². The third kappa shape index (κ3) is 3.13. The van der Waals surface area contributed by atoms with Gasteiger partial charge in [-0.05, 0) is 17.7 Å². The molecule has 0 aliphatic rings. The molecular weight excluding hydrogens is 192 g/mol. The molecule has 1 rings (SSSR count). The lowest BCUT2D eigenvalue weighted by molar-refractivity contribution is -0.136. The summed E-state index contributed by atoms with van der Waals surface area (Å²) in [6.45, 7) is 3.66. The van der Waals surface area contributed by atoms with Crippen molar-refractivity contribution in [1.82, 2.24) is 0 Å². The summed E-state index contributed by atoms with van der Waals surface area (Å²) in [5, 5.41) is 0. The monoisotopic (exact) mass is 206 g/mol. The summed E-state index contributed by atoms with van der Waals surface area (Å²) in [5.41, 5.74) is 1.45. The first-order valence-corrected chi connectivity index (χ1v) is 4.56. The molecule has 0 unspecified atom stereocenters.